The molecule has 420 valence electrons. The molecule has 4 aliphatic rings. The molecule has 2 saturated heterocycles. The minimum Gasteiger partial charge on any atom is -0.492 e. The van der Waals surface area contributed by atoms with Crippen molar-refractivity contribution in [2.45, 2.75) is 52.6 Å². The summed E-state index contributed by atoms with van der Waals surface area (Å²) in [7, 11) is -2.41. The second-order valence-corrected chi connectivity index (χ2v) is 22.9. The number of ketones is 1. The normalized spacial score (nSPS) is 16.9. The molecule has 2 fully saturated rings. The number of piperazine rings is 1. The van der Waals surface area contributed by atoms with Crippen LogP contribution in [0.2, 0.25) is 0 Å². The van der Waals surface area contributed by atoms with Gasteiger partial charge in [0.1, 0.15) is 23.8 Å². The van der Waals surface area contributed by atoms with Gasteiger partial charge in [-0.3, -0.25) is 24.1 Å². The maximum atomic E-state index is 14.2. The van der Waals surface area contributed by atoms with Crippen molar-refractivity contribution < 1.29 is 50.2 Å². The molecule has 2 aromatic heterocycles. The van der Waals surface area contributed by atoms with Crippen LogP contribution in [0.3, 0.4) is 0 Å². The van der Waals surface area contributed by atoms with Crippen molar-refractivity contribution in [1.29, 1.82) is 0 Å². The lowest BCUT2D eigenvalue weighted by Gasteiger charge is -2.39. The first-order valence-corrected chi connectivity index (χ1v) is 28.1. The third-order valence-electron chi connectivity index (χ3n) is 14.8. The Bertz CT molecular complexity index is 3500. The molecular formula is C56H61F3N12O8S. The van der Waals surface area contributed by atoms with E-state index in [0.717, 1.165) is 20.9 Å². The number of ether oxygens (including phenoxy) is 2. The van der Waals surface area contributed by atoms with Crippen molar-refractivity contribution >= 4 is 79.4 Å². The Balaban J connectivity index is 0.705. The summed E-state index contributed by atoms with van der Waals surface area (Å²) < 4.78 is 83.3. The summed E-state index contributed by atoms with van der Waals surface area (Å²) in [5.74, 6) is -0.478. The summed E-state index contributed by atoms with van der Waals surface area (Å²) >= 11 is 0. The number of nitrogens with two attached hydrogens (primary N) is 1. The van der Waals surface area contributed by atoms with Gasteiger partial charge in [0.2, 0.25) is 21.9 Å². The maximum Gasteiger partial charge on any atom is 0.435 e. The Morgan fingerprint density at radius 1 is 0.850 bits per heavy atom. The number of hydrogen-bond donors (Lipinski definition) is 3. The van der Waals surface area contributed by atoms with Gasteiger partial charge in [-0.2, -0.15) is 23.3 Å². The number of alkyl halides is 3. The molecule has 20 nitrogen and oxygen atoms in total. The first kappa shape index (κ1) is 55.1. The highest BCUT2D eigenvalue weighted by Crippen LogP contribution is 2.44. The number of fused-ring (bicyclic) bond motifs is 3. The fraction of sp³-hybridized carbons (Fsp3) is 0.375. The smallest absolute Gasteiger partial charge is 0.435 e. The summed E-state index contributed by atoms with van der Waals surface area (Å²) in [4.78, 5) is 69.6. The summed E-state index contributed by atoms with van der Waals surface area (Å²) in [6.45, 7) is 10.8. The third-order valence-corrected chi connectivity index (χ3v) is 15.9. The zero-order chi connectivity index (χ0) is 56.8. The number of rotatable bonds is 15. The van der Waals surface area contributed by atoms with Crippen molar-refractivity contribution in [3.05, 3.63) is 119 Å². The molecule has 6 aromatic rings. The number of primary amides is 1. The van der Waals surface area contributed by atoms with E-state index in [9.17, 15) is 40.8 Å². The monoisotopic (exact) mass is 1120 g/mol. The third kappa shape index (κ3) is 11.3. The second-order valence-electron chi connectivity index (χ2n) is 21.1. The molecule has 0 atom stereocenters. The lowest BCUT2D eigenvalue weighted by atomic mass is 9.75. The van der Waals surface area contributed by atoms with E-state index in [2.05, 4.69) is 35.5 Å². The SMILES string of the molecule is CCOc1cc(N2CCC(C(=O)N3CCN(CCOc4ccc(Nc5cc(-n6nc(C(F)(F)F)c7c6CC(C)(C)CC7=O)ccc5C(N)=O)cc4)CC3)CC2)ccc1Nc1ncc2c(n1)N(S(C)(=O)=O)c1ccccc1C(=O)N2C. The molecule has 10 rings (SSSR count). The number of hydrogen-bond acceptors (Lipinski definition) is 15. The Kier molecular flexibility index (Phi) is 15.0. The van der Waals surface area contributed by atoms with E-state index in [4.69, 9.17) is 15.2 Å². The predicted octanol–water partition coefficient (Wildman–Crippen LogP) is 7.95. The highest BCUT2D eigenvalue weighted by atomic mass is 32.2. The van der Waals surface area contributed by atoms with Crippen molar-refractivity contribution in [3.8, 4) is 17.2 Å². The fourth-order valence-electron chi connectivity index (χ4n) is 10.9. The molecule has 4 N–H and O–H groups in total. The first-order chi connectivity index (χ1) is 38.1. The van der Waals surface area contributed by atoms with Crippen LogP contribution in [0.15, 0.2) is 91.1 Å². The van der Waals surface area contributed by atoms with E-state index in [1.54, 1.807) is 55.6 Å². The summed E-state index contributed by atoms with van der Waals surface area (Å²) in [5.41, 5.74) is 6.82. The highest BCUT2D eigenvalue weighted by Gasteiger charge is 2.46. The van der Waals surface area contributed by atoms with Crippen LogP contribution in [0, 0.1) is 11.3 Å². The Morgan fingerprint density at radius 3 is 2.25 bits per heavy atom. The number of piperidine rings is 1. The number of Topliss-reactive ketones (excluding diaryl/α,β-unsaturated/α-hetero) is 1. The summed E-state index contributed by atoms with van der Waals surface area (Å²) in [6, 6.07) is 23.5. The summed E-state index contributed by atoms with van der Waals surface area (Å²) in [5, 5.41) is 10.2. The number of sulfonamides is 1. The van der Waals surface area contributed by atoms with Gasteiger partial charge in [0.05, 0.1) is 64.2 Å². The first-order valence-electron chi connectivity index (χ1n) is 26.3. The Labute approximate surface area is 460 Å². The van der Waals surface area contributed by atoms with Gasteiger partial charge in [0.15, 0.2) is 17.3 Å². The highest BCUT2D eigenvalue weighted by molar-refractivity contribution is 7.92. The number of amides is 3. The molecule has 1 aliphatic carbocycles. The number of halogens is 3. The summed E-state index contributed by atoms with van der Waals surface area (Å²) in [6.07, 6.45) is -0.858. The van der Waals surface area contributed by atoms with Crippen LogP contribution in [-0.2, 0) is 27.4 Å². The average Bonchev–Trinajstić information content (AvgIpc) is 3.88. The lowest BCUT2D eigenvalue weighted by Crippen LogP contribution is -2.52. The zero-order valence-corrected chi connectivity index (χ0v) is 45.7. The van der Waals surface area contributed by atoms with Gasteiger partial charge >= 0.3 is 6.18 Å². The molecule has 3 amide bonds. The Morgan fingerprint density at radius 2 is 1.56 bits per heavy atom. The molecule has 5 heterocycles. The van der Waals surface area contributed by atoms with Gasteiger partial charge in [0.25, 0.3) is 11.8 Å². The van der Waals surface area contributed by atoms with E-state index < -0.39 is 50.5 Å². The van der Waals surface area contributed by atoms with E-state index in [-0.39, 0.29) is 76.0 Å². The van der Waals surface area contributed by atoms with Gasteiger partial charge in [-0.25, -0.2) is 22.4 Å². The number of para-hydroxylation sites is 1. The average molecular weight is 1120 g/mol. The van der Waals surface area contributed by atoms with E-state index in [0.29, 0.717) is 94.7 Å². The lowest BCUT2D eigenvalue weighted by molar-refractivity contribution is -0.141. The van der Waals surface area contributed by atoms with Crippen molar-refractivity contribution in [2.24, 2.45) is 17.1 Å². The number of nitrogens with one attached hydrogen (secondary N) is 2. The number of anilines is 8. The van der Waals surface area contributed by atoms with E-state index >= 15 is 0 Å². The van der Waals surface area contributed by atoms with Crippen molar-refractivity contribution in [3.63, 3.8) is 0 Å². The fourth-order valence-corrected chi connectivity index (χ4v) is 11.8. The van der Waals surface area contributed by atoms with Gasteiger partial charge in [-0.05, 0) is 98.3 Å². The van der Waals surface area contributed by atoms with E-state index in [1.165, 1.54) is 29.3 Å². The molecule has 4 aromatic carbocycles. The molecule has 0 saturated carbocycles. The predicted molar refractivity (Wildman–Crippen MR) is 296 cm³/mol. The topological polar surface area (TPSA) is 231 Å². The number of benzene rings is 4. The van der Waals surface area contributed by atoms with Crippen molar-refractivity contribution in [1.82, 2.24) is 29.5 Å². The number of nitrogens with zero attached hydrogens (tertiary/aromatic N) is 9. The molecule has 24 heteroatoms. The molecule has 3 aliphatic heterocycles. The van der Waals surface area contributed by atoms with Gasteiger partial charge in [0, 0.05) is 82.6 Å². The number of carbonyl (C=O) groups excluding carboxylic acids is 4. The van der Waals surface area contributed by atoms with Gasteiger partial charge < -0.3 is 40.5 Å². The molecular weight excluding hydrogens is 1060 g/mol. The van der Waals surface area contributed by atoms with Crippen LogP contribution >= 0.6 is 0 Å². The molecule has 0 spiro atoms. The molecule has 0 bridgehead atoms. The Hall–Kier alpha value is -8.25. The number of aromatic nitrogens is 4. The van der Waals surface area contributed by atoms with Crippen LogP contribution in [0.4, 0.5) is 59.1 Å². The van der Waals surface area contributed by atoms with Crippen LogP contribution in [-0.4, -0.2) is 134 Å². The largest absolute Gasteiger partial charge is 0.492 e. The minimum absolute atomic E-state index is 0.0190. The minimum atomic E-state index is -4.85. The van der Waals surface area contributed by atoms with Crippen LogP contribution < -0.4 is 39.9 Å². The van der Waals surface area contributed by atoms with Crippen LogP contribution in [0.1, 0.15) is 82.5 Å². The standard InChI is InChI=1S/C56H61F3N12O8S/c1-6-78-47-30-36(14-18-41(47)63-54-61-33-45-51(64-54)71(80(5,76)77)43-10-8-7-9-40(43)53(75)66(45)4)68-21-19-34(20-22-68)52(74)69-25-23-67(24-26-69)27-28-79-38-15-11-35(12-16-38)62-42-29-37(13-17-39(42)50(60)73)70-44-31-55(2,3)32-46(72)48(44)49(65-70)56(57,58)59/h7-18,29-30,33-34,62H,6,19-28,31-32H2,1-5H3,(H2,60,73)(H,61,63,64). The molecule has 0 unspecified atom stereocenters. The van der Waals surface area contributed by atoms with Crippen LogP contribution in [0.25, 0.3) is 5.69 Å². The van der Waals surface area contributed by atoms with Gasteiger partial charge in [-0.15, -0.1) is 0 Å². The van der Waals surface area contributed by atoms with Crippen LogP contribution in [0.5, 0.6) is 11.5 Å². The zero-order valence-electron chi connectivity index (χ0n) is 44.8. The van der Waals surface area contributed by atoms with Gasteiger partial charge in [-0.1, -0.05) is 26.0 Å². The number of carbonyl (C=O) groups is 4. The molecule has 0 radical (unpaired) electrons. The quantitative estimate of drug-likeness (QED) is 0.0886. The maximum absolute atomic E-state index is 14.2. The molecule has 80 heavy (non-hydrogen) atoms. The van der Waals surface area contributed by atoms with Crippen molar-refractivity contribution in [2.75, 3.05) is 97.1 Å². The van der Waals surface area contributed by atoms with E-state index in [1.807, 2.05) is 43.9 Å². The second kappa shape index (κ2) is 21.8.